The van der Waals surface area contributed by atoms with Crippen LogP contribution in [0.3, 0.4) is 0 Å². The van der Waals surface area contributed by atoms with E-state index in [2.05, 4.69) is 25.3 Å². The molecule has 3 fully saturated rings. The van der Waals surface area contributed by atoms with Crippen molar-refractivity contribution >= 4 is 11.8 Å². The zero-order valence-corrected chi connectivity index (χ0v) is 18.8. The molecular formula is C24H25F2N7O. The van der Waals surface area contributed by atoms with Crippen LogP contribution >= 0.6 is 0 Å². The van der Waals surface area contributed by atoms with Crippen LogP contribution < -0.4 is 10.2 Å². The summed E-state index contributed by atoms with van der Waals surface area (Å²) in [5.41, 5.74) is 1.49. The van der Waals surface area contributed by atoms with Gasteiger partial charge in [-0.2, -0.15) is 4.98 Å². The second kappa shape index (κ2) is 7.18. The maximum absolute atomic E-state index is 14.6. The number of aryl methyl sites for hydroxylation is 2. The summed E-state index contributed by atoms with van der Waals surface area (Å²) in [5.74, 6) is 1.35. The largest absolute Gasteiger partial charge is 0.365 e. The maximum Gasteiger partial charge on any atom is 0.242 e. The van der Waals surface area contributed by atoms with Crippen molar-refractivity contribution in [3.05, 3.63) is 59.3 Å². The van der Waals surface area contributed by atoms with Crippen molar-refractivity contribution in [1.29, 1.82) is 0 Å². The van der Waals surface area contributed by atoms with E-state index in [0.717, 1.165) is 37.1 Å². The van der Waals surface area contributed by atoms with Crippen molar-refractivity contribution in [2.75, 3.05) is 29.9 Å². The molecule has 1 saturated heterocycles. The number of anilines is 2. The molecule has 176 valence electrons. The lowest BCUT2D eigenvalue weighted by atomic mass is 9.71. The topological polar surface area (TPSA) is 81.0 Å². The van der Waals surface area contributed by atoms with Crippen molar-refractivity contribution in [3.63, 3.8) is 0 Å². The third-order valence-electron chi connectivity index (χ3n) is 8.09. The van der Waals surface area contributed by atoms with E-state index < -0.39 is 17.7 Å². The highest BCUT2D eigenvalue weighted by Crippen LogP contribution is 2.74. The van der Waals surface area contributed by atoms with Crippen LogP contribution in [-0.2, 0) is 11.3 Å². The van der Waals surface area contributed by atoms with Gasteiger partial charge in [-0.1, -0.05) is 12.1 Å². The van der Waals surface area contributed by atoms with E-state index in [1.165, 1.54) is 12.5 Å². The molecule has 1 N–H and O–H groups in total. The van der Waals surface area contributed by atoms with Gasteiger partial charge in [0, 0.05) is 55.5 Å². The summed E-state index contributed by atoms with van der Waals surface area (Å²) < 4.78 is 36.1. The Bertz CT molecular complexity index is 1280. The van der Waals surface area contributed by atoms with Crippen molar-refractivity contribution in [3.8, 4) is 0 Å². The quantitative estimate of drug-likeness (QED) is 0.634. The zero-order valence-electron chi connectivity index (χ0n) is 18.8. The van der Waals surface area contributed by atoms with E-state index >= 15 is 0 Å². The molecule has 4 heterocycles. The fourth-order valence-corrected chi connectivity index (χ4v) is 6.39. The summed E-state index contributed by atoms with van der Waals surface area (Å²) in [5, 5.41) is 8.25. The van der Waals surface area contributed by atoms with Crippen LogP contribution in [0.1, 0.15) is 36.0 Å². The minimum atomic E-state index is -0.897. The van der Waals surface area contributed by atoms with Crippen LogP contribution in [0.4, 0.5) is 20.5 Å². The monoisotopic (exact) mass is 465 g/mol. The smallest absolute Gasteiger partial charge is 0.242 e. The molecule has 1 aromatic carbocycles. The first kappa shape index (κ1) is 20.3. The molecule has 34 heavy (non-hydrogen) atoms. The highest BCUT2D eigenvalue weighted by molar-refractivity contribution is 5.48. The highest BCUT2D eigenvalue weighted by atomic mass is 19.2. The normalized spacial score (nSPS) is 31.2. The molecule has 0 radical (unpaired) electrons. The maximum atomic E-state index is 14.6. The van der Waals surface area contributed by atoms with Gasteiger partial charge in [-0.3, -0.25) is 0 Å². The number of nitrogens with one attached hydrogen (secondary N) is 1. The van der Waals surface area contributed by atoms with Gasteiger partial charge in [0.15, 0.2) is 17.5 Å². The predicted octanol–water partition coefficient (Wildman–Crippen LogP) is 3.10. The Balaban J connectivity index is 1.13. The molecule has 3 aromatic rings. The molecule has 2 unspecified atom stereocenters. The van der Waals surface area contributed by atoms with E-state index in [-0.39, 0.29) is 5.56 Å². The minimum absolute atomic E-state index is 0.151. The summed E-state index contributed by atoms with van der Waals surface area (Å²) in [4.78, 5) is 15.8. The van der Waals surface area contributed by atoms with Crippen LogP contribution in [0.5, 0.6) is 0 Å². The van der Waals surface area contributed by atoms with E-state index in [9.17, 15) is 8.78 Å². The number of aromatic nitrogens is 5. The molecule has 0 amide bonds. The van der Waals surface area contributed by atoms with Crippen molar-refractivity contribution in [2.24, 2.45) is 17.3 Å². The molecule has 2 aliphatic heterocycles. The third kappa shape index (κ3) is 2.90. The number of benzene rings is 1. The van der Waals surface area contributed by atoms with E-state index in [4.69, 9.17) is 9.72 Å². The average Bonchev–Trinajstić information content (AvgIpc) is 3.18. The molecule has 4 aliphatic rings. The summed E-state index contributed by atoms with van der Waals surface area (Å²) in [7, 11) is 0. The molecular weight excluding hydrogens is 440 g/mol. The molecule has 2 saturated carbocycles. The first-order chi connectivity index (χ1) is 16.5. The second-order valence-electron chi connectivity index (χ2n) is 9.98. The third-order valence-corrected chi connectivity index (χ3v) is 8.09. The number of fused-ring (bicyclic) bond motifs is 1. The zero-order chi connectivity index (χ0) is 23.0. The fraction of sp³-hybridized carbons (Fsp3) is 0.500. The number of halogens is 2. The van der Waals surface area contributed by atoms with Gasteiger partial charge in [-0.15, -0.1) is 5.10 Å². The van der Waals surface area contributed by atoms with Crippen LogP contribution in [0, 0.1) is 35.8 Å². The van der Waals surface area contributed by atoms with E-state index in [1.54, 1.807) is 17.1 Å². The van der Waals surface area contributed by atoms with Crippen molar-refractivity contribution in [1.82, 2.24) is 24.7 Å². The van der Waals surface area contributed by atoms with Crippen LogP contribution in [0.25, 0.3) is 0 Å². The van der Waals surface area contributed by atoms with Gasteiger partial charge in [0.1, 0.15) is 18.2 Å². The van der Waals surface area contributed by atoms with E-state index in [0.29, 0.717) is 48.2 Å². The summed E-state index contributed by atoms with van der Waals surface area (Å²) in [6, 6.07) is 6.49. The molecule has 2 aliphatic carbocycles. The average molecular weight is 466 g/mol. The van der Waals surface area contributed by atoms with Gasteiger partial charge in [0.25, 0.3) is 0 Å². The lowest BCUT2D eigenvalue weighted by Gasteiger charge is -2.38. The second-order valence-corrected chi connectivity index (χ2v) is 9.98. The van der Waals surface area contributed by atoms with Crippen molar-refractivity contribution in [2.45, 2.75) is 38.5 Å². The Morgan fingerprint density at radius 2 is 2.12 bits per heavy atom. The standard InChI is InChI=1S/C24H25F2N7O/c1-13-8-18(28-12-27-13)32-10-16-20(15-9-24(15,16)11-32)29-23-30-22-21(34-7-3-6-33(22)31-23)14-4-2-5-17(25)19(14)26/h2,4-5,8,12,15-16,20-21H,3,6-7,9-11H2,1H3,(H,29,31)/t15?,16-,20+,21+,24?/m0/s1. The van der Waals surface area contributed by atoms with Crippen LogP contribution in [0.2, 0.25) is 0 Å². The molecule has 0 bridgehead atoms. The minimum Gasteiger partial charge on any atom is -0.365 e. The summed E-state index contributed by atoms with van der Waals surface area (Å²) >= 11 is 0. The Morgan fingerprint density at radius 3 is 3.00 bits per heavy atom. The Morgan fingerprint density at radius 1 is 1.21 bits per heavy atom. The fourth-order valence-electron chi connectivity index (χ4n) is 6.39. The number of nitrogens with zero attached hydrogens (tertiary/aromatic N) is 6. The lowest BCUT2D eigenvalue weighted by Crippen LogP contribution is -2.47. The predicted molar refractivity (Wildman–Crippen MR) is 119 cm³/mol. The van der Waals surface area contributed by atoms with Crippen LogP contribution in [-0.4, -0.2) is 50.5 Å². The molecule has 8 nitrogen and oxygen atoms in total. The number of ether oxygens (including phenoxy) is 1. The Kier molecular flexibility index (Phi) is 4.28. The molecule has 1 spiro atoms. The van der Waals surface area contributed by atoms with Crippen molar-refractivity contribution < 1.29 is 13.5 Å². The lowest BCUT2D eigenvalue weighted by molar-refractivity contribution is 0.0782. The number of rotatable bonds is 4. The highest BCUT2D eigenvalue weighted by Gasteiger charge is 2.76. The molecule has 10 heteroatoms. The van der Waals surface area contributed by atoms with Gasteiger partial charge >= 0.3 is 0 Å². The van der Waals surface area contributed by atoms with Gasteiger partial charge in [-0.05, 0) is 37.2 Å². The molecule has 2 aromatic heterocycles. The Labute approximate surface area is 195 Å². The number of hydrogen-bond donors (Lipinski definition) is 1. The SMILES string of the molecule is Cc1cc(N2C[C@H]3[C@H](Nc4nc5n(n4)CCCO[C@@H]5c4cccc(F)c4F)C4CC43C2)ncn1. The van der Waals surface area contributed by atoms with Gasteiger partial charge in [0.05, 0.1) is 0 Å². The van der Waals surface area contributed by atoms with E-state index in [1.807, 2.05) is 13.0 Å². The van der Waals surface area contributed by atoms with Gasteiger partial charge in [-0.25, -0.2) is 23.4 Å². The summed E-state index contributed by atoms with van der Waals surface area (Å²) in [6.45, 7) is 5.01. The molecule has 7 rings (SSSR count). The van der Waals surface area contributed by atoms with Crippen LogP contribution in [0.15, 0.2) is 30.6 Å². The number of hydrogen-bond acceptors (Lipinski definition) is 7. The first-order valence-corrected chi connectivity index (χ1v) is 11.8. The summed E-state index contributed by atoms with van der Waals surface area (Å²) in [6.07, 6.45) is 2.77. The first-order valence-electron chi connectivity index (χ1n) is 11.8. The molecule has 5 atom stereocenters. The Hall–Kier alpha value is -3.14. The van der Waals surface area contributed by atoms with Gasteiger partial charge in [0.2, 0.25) is 5.95 Å². The van der Waals surface area contributed by atoms with Gasteiger partial charge < -0.3 is 15.0 Å².